The Morgan fingerprint density at radius 3 is 2.38 bits per heavy atom. The number of benzene rings is 1. The van der Waals surface area contributed by atoms with E-state index in [4.69, 9.17) is 16.3 Å². The number of halogens is 1. The molecule has 1 heterocycles. The minimum atomic E-state index is 0.492. The molecule has 0 radical (unpaired) electrons. The fourth-order valence-electron chi connectivity index (χ4n) is 2.19. The summed E-state index contributed by atoms with van der Waals surface area (Å²) in [4.78, 5) is 0. The van der Waals surface area contributed by atoms with Crippen LogP contribution in [0, 0.1) is 5.92 Å². The molecule has 0 bridgehead atoms. The number of ether oxygens (including phenoxy) is 1. The van der Waals surface area contributed by atoms with E-state index >= 15 is 0 Å². The van der Waals surface area contributed by atoms with Gasteiger partial charge in [-0.2, -0.15) is 0 Å². The van der Waals surface area contributed by atoms with E-state index in [1.165, 1.54) is 18.4 Å². The van der Waals surface area contributed by atoms with Crippen LogP contribution in [0.15, 0.2) is 24.3 Å². The molecule has 2 nitrogen and oxygen atoms in total. The second-order valence-electron chi connectivity index (χ2n) is 4.77. The summed E-state index contributed by atoms with van der Waals surface area (Å²) < 4.78 is 5.21. The van der Waals surface area contributed by atoms with Crippen LogP contribution in [0.4, 0.5) is 0 Å². The van der Waals surface area contributed by atoms with Crippen molar-refractivity contribution in [2.75, 3.05) is 13.2 Å². The molecule has 1 aliphatic carbocycles. The van der Waals surface area contributed by atoms with Crippen LogP contribution in [0.3, 0.4) is 0 Å². The number of rotatable bonds is 4. The lowest BCUT2D eigenvalue weighted by molar-refractivity contribution is -0.0113. The molecule has 2 fully saturated rings. The Hall–Kier alpha value is -0.570. The average Bonchev–Trinajstić information content (AvgIpc) is 3.02. The molecule has 0 amide bonds. The standard InChI is InChI=1S/C13H16ClNO/c14-11-5-3-10(4-6-11)13(9-1-2-9)15-12-7-16-8-12/h3-6,9,12-13,15H,1-2,7-8H2. The maximum Gasteiger partial charge on any atom is 0.0643 e. The smallest absolute Gasteiger partial charge is 0.0643 e. The third-order valence-corrected chi connectivity index (χ3v) is 3.63. The molecule has 1 aromatic rings. The summed E-state index contributed by atoms with van der Waals surface area (Å²) in [6.07, 6.45) is 2.68. The van der Waals surface area contributed by atoms with Crippen molar-refractivity contribution in [1.29, 1.82) is 0 Å². The van der Waals surface area contributed by atoms with Crippen molar-refractivity contribution >= 4 is 11.6 Å². The first kappa shape index (κ1) is 10.6. The number of hydrogen-bond donors (Lipinski definition) is 1. The molecule has 1 aliphatic heterocycles. The zero-order valence-corrected chi connectivity index (χ0v) is 9.91. The molecule has 1 atom stereocenters. The van der Waals surface area contributed by atoms with E-state index in [2.05, 4.69) is 17.4 Å². The Morgan fingerprint density at radius 1 is 1.19 bits per heavy atom. The highest BCUT2D eigenvalue weighted by atomic mass is 35.5. The molecule has 1 unspecified atom stereocenters. The Morgan fingerprint density at radius 2 is 1.88 bits per heavy atom. The molecule has 1 saturated carbocycles. The van der Waals surface area contributed by atoms with E-state index in [0.29, 0.717) is 12.1 Å². The van der Waals surface area contributed by atoms with Crippen LogP contribution in [0.5, 0.6) is 0 Å². The molecular formula is C13H16ClNO. The van der Waals surface area contributed by atoms with Crippen LogP contribution in [0.2, 0.25) is 5.02 Å². The van der Waals surface area contributed by atoms with E-state index in [-0.39, 0.29) is 0 Å². The van der Waals surface area contributed by atoms with Crippen molar-refractivity contribution in [2.45, 2.75) is 24.9 Å². The van der Waals surface area contributed by atoms with Gasteiger partial charge in [-0.3, -0.25) is 0 Å². The van der Waals surface area contributed by atoms with Crippen LogP contribution >= 0.6 is 11.6 Å². The van der Waals surface area contributed by atoms with Gasteiger partial charge in [-0.25, -0.2) is 0 Å². The number of nitrogens with one attached hydrogen (secondary N) is 1. The SMILES string of the molecule is Clc1ccc(C(NC2COC2)C2CC2)cc1. The minimum absolute atomic E-state index is 0.492. The summed E-state index contributed by atoms with van der Waals surface area (Å²) >= 11 is 5.92. The van der Waals surface area contributed by atoms with Crippen molar-refractivity contribution in [3.63, 3.8) is 0 Å². The molecule has 1 saturated heterocycles. The highest BCUT2D eigenvalue weighted by Crippen LogP contribution is 2.41. The lowest BCUT2D eigenvalue weighted by Gasteiger charge is -2.32. The summed E-state index contributed by atoms with van der Waals surface area (Å²) in [5.41, 5.74) is 1.36. The monoisotopic (exact) mass is 237 g/mol. The highest BCUT2D eigenvalue weighted by molar-refractivity contribution is 6.30. The molecule has 86 valence electrons. The van der Waals surface area contributed by atoms with Crippen LogP contribution in [0.1, 0.15) is 24.4 Å². The summed E-state index contributed by atoms with van der Waals surface area (Å²) in [7, 11) is 0. The lowest BCUT2D eigenvalue weighted by atomic mass is 10.0. The van der Waals surface area contributed by atoms with Gasteiger partial charge in [-0.05, 0) is 36.5 Å². The van der Waals surface area contributed by atoms with Gasteiger partial charge in [0, 0.05) is 11.1 Å². The summed E-state index contributed by atoms with van der Waals surface area (Å²) in [5, 5.41) is 4.49. The van der Waals surface area contributed by atoms with Crippen molar-refractivity contribution in [3.8, 4) is 0 Å². The quantitative estimate of drug-likeness (QED) is 0.870. The molecular weight excluding hydrogens is 222 g/mol. The van der Waals surface area contributed by atoms with Gasteiger partial charge in [-0.15, -0.1) is 0 Å². The summed E-state index contributed by atoms with van der Waals surface area (Å²) in [6, 6.07) is 9.26. The van der Waals surface area contributed by atoms with Gasteiger partial charge in [0.2, 0.25) is 0 Å². The second-order valence-corrected chi connectivity index (χ2v) is 5.20. The molecule has 1 aromatic carbocycles. The van der Waals surface area contributed by atoms with Gasteiger partial charge < -0.3 is 10.1 Å². The van der Waals surface area contributed by atoms with Crippen molar-refractivity contribution in [2.24, 2.45) is 5.92 Å². The Kier molecular flexibility index (Phi) is 2.88. The van der Waals surface area contributed by atoms with Crippen molar-refractivity contribution < 1.29 is 4.74 Å². The molecule has 3 heteroatoms. The predicted molar refractivity (Wildman–Crippen MR) is 64.7 cm³/mol. The Labute approximate surface area is 101 Å². The normalized spacial score (nSPS) is 22.8. The zero-order valence-electron chi connectivity index (χ0n) is 9.16. The summed E-state index contributed by atoms with van der Waals surface area (Å²) in [6.45, 7) is 1.72. The lowest BCUT2D eigenvalue weighted by Crippen LogP contribution is -2.47. The second kappa shape index (κ2) is 4.36. The fourth-order valence-corrected chi connectivity index (χ4v) is 2.32. The molecule has 2 aliphatic rings. The first-order chi connectivity index (χ1) is 7.83. The van der Waals surface area contributed by atoms with E-state index in [1.54, 1.807) is 0 Å². The molecule has 16 heavy (non-hydrogen) atoms. The van der Waals surface area contributed by atoms with E-state index < -0.39 is 0 Å². The van der Waals surface area contributed by atoms with E-state index in [0.717, 1.165) is 24.2 Å². The average molecular weight is 238 g/mol. The Balaban J connectivity index is 1.73. The third-order valence-electron chi connectivity index (χ3n) is 3.38. The third kappa shape index (κ3) is 2.24. The van der Waals surface area contributed by atoms with Crippen LogP contribution < -0.4 is 5.32 Å². The number of hydrogen-bond acceptors (Lipinski definition) is 2. The highest BCUT2D eigenvalue weighted by Gasteiger charge is 2.34. The fraction of sp³-hybridized carbons (Fsp3) is 0.538. The molecule has 0 aromatic heterocycles. The van der Waals surface area contributed by atoms with Gasteiger partial charge in [0.25, 0.3) is 0 Å². The van der Waals surface area contributed by atoms with Gasteiger partial charge in [-0.1, -0.05) is 23.7 Å². The zero-order chi connectivity index (χ0) is 11.0. The minimum Gasteiger partial charge on any atom is -0.378 e. The van der Waals surface area contributed by atoms with Gasteiger partial charge in [0.15, 0.2) is 0 Å². The molecule has 0 spiro atoms. The van der Waals surface area contributed by atoms with Crippen molar-refractivity contribution in [3.05, 3.63) is 34.9 Å². The van der Waals surface area contributed by atoms with Crippen LogP contribution in [-0.2, 0) is 4.74 Å². The first-order valence-corrected chi connectivity index (χ1v) is 6.30. The van der Waals surface area contributed by atoms with Crippen molar-refractivity contribution in [1.82, 2.24) is 5.32 Å². The van der Waals surface area contributed by atoms with Crippen LogP contribution in [-0.4, -0.2) is 19.3 Å². The van der Waals surface area contributed by atoms with Crippen LogP contribution in [0.25, 0.3) is 0 Å². The van der Waals surface area contributed by atoms with E-state index in [1.807, 2.05) is 12.1 Å². The maximum absolute atomic E-state index is 5.92. The van der Waals surface area contributed by atoms with Gasteiger partial charge in [0.1, 0.15) is 0 Å². The topological polar surface area (TPSA) is 21.3 Å². The Bertz CT molecular complexity index is 357. The largest absolute Gasteiger partial charge is 0.378 e. The predicted octanol–water partition coefficient (Wildman–Crippen LogP) is 2.78. The van der Waals surface area contributed by atoms with Gasteiger partial charge >= 0.3 is 0 Å². The van der Waals surface area contributed by atoms with E-state index in [9.17, 15) is 0 Å². The maximum atomic E-state index is 5.92. The first-order valence-electron chi connectivity index (χ1n) is 5.92. The molecule has 1 N–H and O–H groups in total. The molecule has 3 rings (SSSR count). The van der Waals surface area contributed by atoms with Gasteiger partial charge in [0.05, 0.1) is 19.3 Å². The summed E-state index contributed by atoms with van der Waals surface area (Å²) in [5.74, 6) is 0.807.